The van der Waals surface area contributed by atoms with Crippen LogP contribution in [0.5, 0.6) is 5.75 Å². The second-order valence-electron chi connectivity index (χ2n) is 7.07. The number of rotatable bonds is 9. The fourth-order valence-corrected chi connectivity index (χ4v) is 3.51. The average molecular weight is 381 g/mol. The van der Waals surface area contributed by atoms with Gasteiger partial charge in [0.2, 0.25) is 0 Å². The van der Waals surface area contributed by atoms with Crippen LogP contribution < -0.4 is 4.74 Å². The largest absolute Gasteiger partial charge is 0.494 e. The lowest BCUT2D eigenvalue weighted by Gasteiger charge is -2.17. The van der Waals surface area contributed by atoms with Gasteiger partial charge in [-0.25, -0.2) is 0 Å². The van der Waals surface area contributed by atoms with Crippen LogP contribution in [0.3, 0.4) is 0 Å². The van der Waals surface area contributed by atoms with Crippen molar-refractivity contribution in [3.8, 4) is 5.75 Å². The third-order valence-electron chi connectivity index (χ3n) is 4.95. The highest BCUT2D eigenvalue weighted by atomic mass is 16.5. The maximum atomic E-state index is 11.1. The molecule has 1 aromatic heterocycles. The summed E-state index contributed by atoms with van der Waals surface area (Å²) in [7, 11) is 0. The Hall–Kier alpha value is -2.79. The summed E-state index contributed by atoms with van der Waals surface area (Å²) in [4.78, 5) is 11.1. The van der Waals surface area contributed by atoms with E-state index in [-0.39, 0.29) is 6.42 Å². The van der Waals surface area contributed by atoms with Crippen LogP contribution >= 0.6 is 0 Å². The van der Waals surface area contributed by atoms with Gasteiger partial charge in [-0.2, -0.15) is 0 Å². The van der Waals surface area contributed by atoms with Gasteiger partial charge in [-0.1, -0.05) is 44.0 Å². The van der Waals surface area contributed by atoms with Crippen LogP contribution in [0.4, 0.5) is 0 Å². The van der Waals surface area contributed by atoms with Crippen LogP contribution in [0, 0.1) is 6.92 Å². The minimum Gasteiger partial charge on any atom is -0.494 e. The molecule has 0 aliphatic rings. The smallest absolute Gasteiger partial charge is 0.307 e. The molecule has 0 aliphatic carbocycles. The first-order valence-corrected chi connectivity index (χ1v) is 9.73. The molecule has 3 rings (SSSR count). The Kier molecular flexibility index (Phi) is 6.37. The number of benzene rings is 2. The highest BCUT2D eigenvalue weighted by Gasteiger charge is 2.17. The van der Waals surface area contributed by atoms with Gasteiger partial charge in [-0.15, -0.1) is 0 Å². The number of aromatic nitrogens is 1. The third-order valence-corrected chi connectivity index (χ3v) is 4.95. The van der Waals surface area contributed by atoms with Crippen molar-refractivity contribution in [2.45, 2.75) is 45.8 Å². The topological polar surface area (TPSA) is 71.7 Å². The van der Waals surface area contributed by atoms with Crippen molar-refractivity contribution >= 4 is 16.9 Å². The van der Waals surface area contributed by atoms with Crippen molar-refractivity contribution in [2.24, 2.45) is 0 Å². The predicted octanol–water partition coefficient (Wildman–Crippen LogP) is 4.69. The molecule has 0 aliphatic heterocycles. The van der Waals surface area contributed by atoms with Crippen molar-refractivity contribution < 1.29 is 19.7 Å². The van der Waals surface area contributed by atoms with E-state index in [0.717, 1.165) is 52.7 Å². The van der Waals surface area contributed by atoms with E-state index in [1.807, 2.05) is 60.0 Å². The van der Waals surface area contributed by atoms with E-state index in [1.165, 1.54) is 0 Å². The van der Waals surface area contributed by atoms with Gasteiger partial charge in [0.1, 0.15) is 5.75 Å². The van der Waals surface area contributed by atoms with Crippen molar-refractivity contribution in [1.29, 1.82) is 0 Å². The summed E-state index contributed by atoms with van der Waals surface area (Å²) in [6.45, 7) is 4.77. The van der Waals surface area contributed by atoms with Crippen LogP contribution in [0.2, 0.25) is 0 Å². The van der Waals surface area contributed by atoms with E-state index < -0.39 is 12.2 Å². The highest BCUT2D eigenvalue weighted by Crippen LogP contribution is 2.29. The molecule has 148 valence electrons. The SMILES string of the molecule is CCCCCOc1ccc(C(O)n2c(C)cc3c(CC(=O)O)cccc32)cc1. The Morgan fingerprint density at radius 3 is 2.57 bits per heavy atom. The number of hydrogen-bond acceptors (Lipinski definition) is 3. The molecule has 2 aromatic carbocycles. The van der Waals surface area contributed by atoms with E-state index in [9.17, 15) is 9.90 Å². The van der Waals surface area contributed by atoms with Crippen LogP contribution in [-0.2, 0) is 11.2 Å². The molecule has 0 spiro atoms. The number of nitrogens with zero attached hydrogens (tertiary/aromatic N) is 1. The quantitative estimate of drug-likeness (QED) is 0.528. The van der Waals surface area contributed by atoms with E-state index in [4.69, 9.17) is 9.84 Å². The van der Waals surface area contributed by atoms with Gasteiger partial charge < -0.3 is 19.5 Å². The summed E-state index contributed by atoms with van der Waals surface area (Å²) in [5, 5.41) is 21.0. The molecule has 1 atom stereocenters. The predicted molar refractivity (Wildman–Crippen MR) is 110 cm³/mol. The number of carboxylic acids is 1. The van der Waals surface area contributed by atoms with Crippen LogP contribution in [0.15, 0.2) is 48.5 Å². The second kappa shape index (κ2) is 8.93. The molecule has 0 radical (unpaired) electrons. The lowest BCUT2D eigenvalue weighted by atomic mass is 10.1. The molecule has 1 heterocycles. The molecule has 1 unspecified atom stereocenters. The van der Waals surface area contributed by atoms with E-state index in [1.54, 1.807) is 0 Å². The van der Waals surface area contributed by atoms with Gasteiger partial charge in [0.05, 0.1) is 18.5 Å². The molecule has 28 heavy (non-hydrogen) atoms. The van der Waals surface area contributed by atoms with Crippen LogP contribution in [0.1, 0.15) is 49.2 Å². The number of hydrogen-bond donors (Lipinski definition) is 2. The molecule has 3 aromatic rings. The fraction of sp³-hybridized carbons (Fsp3) is 0.348. The summed E-state index contributed by atoms with van der Waals surface area (Å²) in [6, 6.07) is 15.0. The van der Waals surface area contributed by atoms with Crippen molar-refractivity contribution in [3.63, 3.8) is 0 Å². The molecule has 0 saturated heterocycles. The Bertz CT molecular complexity index is 943. The number of aliphatic carboxylic acids is 1. The summed E-state index contributed by atoms with van der Waals surface area (Å²) >= 11 is 0. The second-order valence-corrected chi connectivity index (χ2v) is 7.07. The first-order valence-electron chi connectivity index (χ1n) is 9.73. The lowest BCUT2D eigenvalue weighted by Crippen LogP contribution is -2.11. The first-order chi connectivity index (χ1) is 13.5. The zero-order chi connectivity index (χ0) is 20.1. The Labute approximate surface area is 165 Å². The third kappa shape index (κ3) is 4.37. The maximum absolute atomic E-state index is 11.1. The first kappa shape index (κ1) is 20.0. The minimum absolute atomic E-state index is 0.0407. The molecule has 0 fully saturated rings. The van der Waals surface area contributed by atoms with Crippen LogP contribution in [-0.4, -0.2) is 27.4 Å². The Morgan fingerprint density at radius 1 is 1.14 bits per heavy atom. The van der Waals surface area contributed by atoms with E-state index in [2.05, 4.69) is 6.92 Å². The molecule has 0 amide bonds. The van der Waals surface area contributed by atoms with Crippen LogP contribution in [0.25, 0.3) is 10.9 Å². The van der Waals surface area contributed by atoms with Gasteiger partial charge in [0.25, 0.3) is 0 Å². The number of carboxylic acid groups (broad SMARTS) is 1. The molecule has 0 bridgehead atoms. The Morgan fingerprint density at radius 2 is 1.89 bits per heavy atom. The van der Waals surface area contributed by atoms with Crippen molar-refractivity contribution in [1.82, 2.24) is 4.57 Å². The van der Waals surface area contributed by atoms with Gasteiger partial charge >= 0.3 is 5.97 Å². The zero-order valence-corrected chi connectivity index (χ0v) is 16.4. The number of carbonyl (C=O) groups is 1. The highest BCUT2D eigenvalue weighted by molar-refractivity contribution is 5.88. The number of aliphatic hydroxyl groups is 1. The Balaban J connectivity index is 1.84. The number of fused-ring (bicyclic) bond motifs is 1. The molecular formula is C23H27NO4. The normalized spacial score (nSPS) is 12.2. The van der Waals surface area contributed by atoms with Gasteiger partial charge in [-0.3, -0.25) is 4.79 Å². The summed E-state index contributed by atoms with van der Waals surface area (Å²) < 4.78 is 7.57. The summed E-state index contributed by atoms with van der Waals surface area (Å²) in [5.41, 5.74) is 3.20. The fourth-order valence-electron chi connectivity index (χ4n) is 3.51. The molecular weight excluding hydrogens is 354 g/mol. The minimum atomic E-state index is -0.868. The van der Waals surface area contributed by atoms with E-state index in [0.29, 0.717) is 6.61 Å². The molecule has 5 heteroatoms. The summed E-state index contributed by atoms with van der Waals surface area (Å²) in [6.07, 6.45) is 2.45. The average Bonchev–Trinajstić information content (AvgIpc) is 3.02. The standard InChI is InChI=1S/C23H27NO4/c1-3-4-5-13-28-19-11-9-17(10-12-19)23(27)24-16(2)14-20-18(15-22(25)26)7-6-8-21(20)24/h6-12,14,23,27H,3-5,13,15H2,1-2H3,(H,25,26). The molecule has 2 N–H and O–H groups in total. The zero-order valence-electron chi connectivity index (χ0n) is 16.4. The molecule has 0 saturated carbocycles. The number of unbranched alkanes of at least 4 members (excludes halogenated alkanes) is 2. The van der Waals surface area contributed by atoms with Gasteiger partial charge in [0.15, 0.2) is 6.23 Å². The number of aryl methyl sites for hydroxylation is 1. The number of aliphatic hydroxyl groups excluding tert-OH is 1. The summed E-state index contributed by atoms with van der Waals surface area (Å²) in [5.74, 6) is -0.0714. The van der Waals surface area contributed by atoms with Gasteiger partial charge in [0, 0.05) is 16.6 Å². The lowest BCUT2D eigenvalue weighted by molar-refractivity contribution is -0.136. The maximum Gasteiger partial charge on any atom is 0.307 e. The van der Waals surface area contributed by atoms with Crippen molar-refractivity contribution in [3.05, 3.63) is 65.4 Å². The van der Waals surface area contributed by atoms with E-state index >= 15 is 0 Å². The monoisotopic (exact) mass is 381 g/mol. The van der Waals surface area contributed by atoms with Gasteiger partial charge in [-0.05, 0) is 43.2 Å². The number of ether oxygens (including phenoxy) is 1. The van der Waals surface area contributed by atoms with Crippen molar-refractivity contribution in [2.75, 3.05) is 6.61 Å². The molecule has 5 nitrogen and oxygen atoms in total.